The lowest BCUT2D eigenvalue weighted by Gasteiger charge is -2.19. The molecule has 11 nitrogen and oxygen atoms in total. The highest BCUT2D eigenvalue weighted by atomic mass is 32.2. The normalized spacial score (nSPS) is 13.9. The van der Waals surface area contributed by atoms with E-state index in [4.69, 9.17) is 29.4 Å². The van der Waals surface area contributed by atoms with Gasteiger partial charge in [-0.2, -0.15) is 11.8 Å². The van der Waals surface area contributed by atoms with E-state index in [9.17, 15) is 19.0 Å². The van der Waals surface area contributed by atoms with Crippen LogP contribution in [0.5, 0.6) is 0 Å². The number of rotatable bonds is 41. The van der Waals surface area contributed by atoms with Crippen LogP contribution in [0.1, 0.15) is 142 Å². The standard InChI is InChI=1S/C39H79N2O9PS/c1-4-6-8-10-12-14-16-18-20-22-25-49-33-36(50-38(42)23-21-19-17-15-13-11-9-7-5-2)34-52-35-37(40)39(43)41-24-26-46-27-28-47-29-30-48-31-32-51(3,44)45/h36-37H,4-35,40H2,1-3H3,(H,41,43)(H,44,45)/t36-,37+/m1/s1. The van der Waals surface area contributed by atoms with Gasteiger partial charge in [-0.1, -0.05) is 123 Å². The third-order valence-electron chi connectivity index (χ3n) is 8.61. The Hall–Kier alpha value is -0.720. The van der Waals surface area contributed by atoms with Crippen molar-refractivity contribution in [1.29, 1.82) is 0 Å². The van der Waals surface area contributed by atoms with Crippen LogP contribution in [0.2, 0.25) is 0 Å². The lowest BCUT2D eigenvalue weighted by molar-refractivity contribution is -0.150. The van der Waals surface area contributed by atoms with E-state index in [2.05, 4.69) is 19.2 Å². The van der Waals surface area contributed by atoms with Crippen molar-refractivity contribution in [3.63, 3.8) is 0 Å². The smallest absolute Gasteiger partial charge is 0.306 e. The highest BCUT2D eigenvalue weighted by Gasteiger charge is 2.18. The first kappa shape index (κ1) is 51.3. The molecule has 0 aromatic heterocycles. The van der Waals surface area contributed by atoms with Crippen LogP contribution in [0.4, 0.5) is 0 Å². The minimum atomic E-state index is -3.04. The molecule has 0 aromatic carbocycles. The van der Waals surface area contributed by atoms with Crippen LogP contribution in [-0.4, -0.2) is 113 Å². The molecular weight excluding hydrogens is 703 g/mol. The Kier molecular flexibility index (Phi) is 38.0. The molecular formula is C39H79N2O9PS. The first-order valence-corrected chi connectivity index (χ1v) is 24.0. The van der Waals surface area contributed by atoms with Gasteiger partial charge in [0.15, 0.2) is 7.37 Å². The van der Waals surface area contributed by atoms with Crippen LogP contribution in [0, 0.1) is 0 Å². The molecule has 52 heavy (non-hydrogen) atoms. The minimum absolute atomic E-state index is 0.133. The van der Waals surface area contributed by atoms with Gasteiger partial charge >= 0.3 is 5.97 Å². The third kappa shape index (κ3) is 39.0. The number of hydrogen-bond donors (Lipinski definition) is 3. The Balaban J connectivity index is 4.26. The largest absolute Gasteiger partial charge is 0.459 e. The predicted molar refractivity (Wildman–Crippen MR) is 216 cm³/mol. The van der Waals surface area contributed by atoms with Crippen molar-refractivity contribution >= 4 is 31.0 Å². The molecule has 0 saturated heterocycles. The molecule has 0 fully saturated rings. The van der Waals surface area contributed by atoms with Crippen molar-refractivity contribution in [2.45, 2.75) is 154 Å². The summed E-state index contributed by atoms with van der Waals surface area (Å²) in [6, 6.07) is -0.688. The highest BCUT2D eigenvalue weighted by molar-refractivity contribution is 7.99. The van der Waals surface area contributed by atoms with Crippen LogP contribution in [0.3, 0.4) is 0 Å². The number of unbranched alkanes of at least 4 members (excludes halogenated alkanes) is 17. The molecule has 3 atom stereocenters. The Morgan fingerprint density at radius 3 is 1.67 bits per heavy atom. The van der Waals surface area contributed by atoms with Gasteiger partial charge in [-0.25, -0.2) is 0 Å². The Morgan fingerprint density at radius 2 is 1.13 bits per heavy atom. The van der Waals surface area contributed by atoms with Gasteiger partial charge < -0.3 is 39.6 Å². The van der Waals surface area contributed by atoms with Gasteiger partial charge in [0.2, 0.25) is 5.91 Å². The number of carbonyl (C=O) groups excluding carboxylic acids is 2. The number of esters is 1. The van der Waals surface area contributed by atoms with Gasteiger partial charge in [0.1, 0.15) is 6.10 Å². The van der Waals surface area contributed by atoms with E-state index in [0.717, 1.165) is 32.1 Å². The SMILES string of the molecule is CCCCCCCCCCCCOC[C@H](CSC[C@H](N)C(=O)NCCOCCOCCOCC[P@@](C)(=O)O)OC(=O)CCCCCCCCCCC. The van der Waals surface area contributed by atoms with Crippen molar-refractivity contribution in [2.24, 2.45) is 5.73 Å². The second-order valence-corrected chi connectivity index (χ2v) is 17.6. The van der Waals surface area contributed by atoms with Crippen LogP contribution in [0.25, 0.3) is 0 Å². The van der Waals surface area contributed by atoms with Crippen LogP contribution >= 0.6 is 19.1 Å². The van der Waals surface area contributed by atoms with Crippen molar-refractivity contribution in [1.82, 2.24) is 5.32 Å². The summed E-state index contributed by atoms with van der Waals surface area (Å²) in [6.45, 7) is 9.19. The molecule has 1 amide bonds. The molecule has 310 valence electrons. The van der Waals surface area contributed by atoms with E-state index < -0.39 is 13.4 Å². The van der Waals surface area contributed by atoms with Gasteiger partial charge in [-0.05, 0) is 12.8 Å². The summed E-state index contributed by atoms with van der Waals surface area (Å²) in [5.41, 5.74) is 6.14. The van der Waals surface area contributed by atoms with Crippen molar-refractivity contribution in [2.75, 3.05) is 83.7 Å². The summed E-state index contributed by atoms with van der Waals surface area (Å²) in [4.78, 5) is 34.4. The van der Waals surface area contributed by atoms with Gasteiger partial charge in [0.05, 0.1) is 52.3 Å². The second-order valence-electron chi connectivity index (χ2n) is 14.0. The zero-order valence-electron chi connectivity index (χ0n) is 33.4. The van der Waals surface area contributed by atoms with Crippen molar-refractivity contribution in [3.8, 4) is 0 Å². The van der Waals surface area contributed by atoms with Gasteiger partial charge in [0, 0.05) is 43.9 Å². The molecule has 0 aliphatic carbocycles. The van der Waals surface area contributed by atoms with E-state index in [1.165, 1.54) is 108 Å². The monoisotopic (exact) mass is 783 g/mol. The number of carbonyl (C=O) groups is 2. The molecule has 0 aliphatic heterocycles. The summed E-state index contributed by atoms with van der Waals surface area (Å²) >= 11 is 1.50. The lowest BCUT2D eigenvalue weighted by Crippen LogP contribution is -2.43. The number of nitrogens with two attached hydrogens (primary N) is 1. The molecule has 0 heterocycles. The number of nitrogens with one attached hydrogen (secondary N) is 1. The van der Waals surface area contributed by atoms with E-state index in [1.807, 2.05) is 0 Å². The minimum Gasteiger partial charge on any atom is -0.459 e. The molecule has 0 unspecified atom stereocenters. The van der Waals surface area contributed by atoms with Crippen LogP contribution < -0.4 is 11.1 Å². The van der Waals surface area contributed by atoms with Crippen LogP contribution in [0.15, 0.2) is 0 Å². The zero-order chi connectivity index (χ0) is 38.4. The molecule has 0 bridgehead atoms. The highest BCUT2D eigenvalue weighted by Crippen LogP contribution is 2.34. The quantitative estimate of drug-likeness (QED) is 0.0315. The summed E-state index contributed by atoms with van der Waals surface area (Å²) in [5, 5.41) is 2.80. The van der Waals surface area contributed by atoms with Gasteiger partial charge in [-0.3, -0.25) is 14.2 Å². The number of ether oxygens (including phenoxy) is 5. The van der Waals surface area contributed by atoms with Crippen molar-refractivity contribution in [3.05, 3.63) is 0 Å². The third-order valence-corrected chi connectivity index (χ3v) is 10.8. The fraction of sp³-hybridized carbons (Fsp3) is 0.949. The van der Waals surface area contributed by atoms with E-state index >= 15 is 0 Å². The summed E-state index contributed by atoms with van der Waals surface area (Å²) in [7, 11) is -3.04. The summed E-state index contributed by atoms with van der Waals surface area (Å²) in [5.74, 6) is 0.503. The molecule has 0 spiro atoms. The predicted octanol–water partition coefficient (Wildman–Crippen LogP) is 7.88. The average molecular weight is 783 g/mol. The van der Waals surface area contributed by atoms with Gasteiger partial charge in [-0.15, -0.1) is 0 Å². The molecule has 4 N–H and O–H groups in total. The number of thioether (sulfide) groups is 1. The maximum Gasteiger partial charge on any atom is 0.306 e. The van der Waals surface area contributed by atoms with Crippen molar-refractivity contribution < 1.29 is 42.7 Å². The molecule has 0 rings (SSSR count). The summed E-state index contributed by atoms with van der Waals surface area (Å²) < 4.78 is 39.1. The molecule has 13 heteroatoms. The van der Waals surface area contributed by atoms with E-state index in [0.29, 0.717) is 70.7 Å². The fourth-order valence-corrected chi connectivity index (χ4v) is 6.84. The van der Waals surface area contributed by atoms with E-state index in [1.54, 1.807) is 0 Å². The lowest BCUT2D eigenvalue weighted by atomic mass is 10.1. The number of hydrogen-bond acceptors (Lipinski definition) is 10. The van der Waals surface area contributed by atoms with Gasteiger partial charge in [0.25, 0.3) is 0 Å². The maximum absolute atomic E-state index is 12.7. The maximum atomic E-state index is 12.7. The molecule has 0 radical (unpaired) electrons. The van der Waals surface area contributed by atoms with Crippen LogP contribution in [-0.2, 0) is 37.8 Å². The first-order valence-electron chi connectivity index (χ1n) is 20.6. The fourth-order valence-electron chi connectivity index (χ4n) is 5.40. The number of amides is 1. The molecule has 0 saturated carbocycles. The Bertz CT molecular complexity index is 853. The topological polar surface area (TPSA) is 156 Å². The average Bonchev–Trinajstić information content (AvgIpc) is 3.11. The first-order chi connectivity index (χ1) is 25.2. The molecule has 0 aromatic rings. The zero-order valence-corrected chi connectivity index (χ0v) is 35.1. The molecule has 0 aliphatic rings. The Labute approximate surface area is 322 Å². The summed E-state index contributed by atoms with van der Waals surface area (Å²) in [6.07, 6.45) is 23.7. The second kappa shape index (κ2) is 38.6. The Morgan fingerprint density at radius 1 is 0.654 bits per heavy atom. The van der Waals surface area contributed by atoms with E-state index in [-0.39, 0.29) is 30.7 Å².